The Kier molecular flexibility index (Phi) is 5.99. The molecular weight excluding hydrogens is 442 g/mol. The van der Waals surface area contributed by atoms with Crippen LogP contribution in [0.1, 0.15) is 6.42 Å². The smallest absolute Gasteiger partial charge is 0.323 e. The number of urea groups is 1. The van der Waals surface area contributed by atoms with Gasteiger partial charge in [-0.05, 0) is 60.9 Å². The molecule has 2 amide bonds. The SMILES string of the molecule is O=C(Nc1cnc2cccnn12)N1CC(CCOc2cccc(Oc3ccc(Cl)cc3)c2)C1. The lowest BCUT2D eigenvalue weighted by Crippen LogP contribution is -2.52. The maximum Gasteiger partial charge on any atom is 0.323 e. The van der Waals surface area contributed by atoms with Crippen molar-refractivity contribution in [3.63, 3.8) is 0 Å². The lowest BCUT2D eigenvalue weighted by atomic mass is 9.97. The van der Waals surface area contributed by atoms with E-state index < -0.39 is 0 Å². The molecular formula is C24H22ClN5O3. The van der Waals surface area contributed by atoms with E-state index >= 15 is 0 Å². The number of rotatable bonds is 7. The number of hydrogen-bond donors (Lipinski definition) is 1. The van der Waals surface area contributed by atoms with Crippen LogP contribution in [-0.2, 0) is 0 Å². The van der Waals surface area contributed by atoms with Crippen molar-refractivity contribution in [2.45, 2.75) is 6.42 Å². The minimum Gasteiger partial charge on any atom is -0.493 e. The fourth-order valence-electron chi connectivity index (χ4n) is 3.63. The van der Waals surface area contributed by atoms with Crippen molar-refractivity contribution >= 4 is 29.1 Å². The van der Waals surface area contributed by atoms with Crippen LogP contribution in [0.25, 0.3) is 5.65 Å². The molecule has 0 atom stereocenters. The number of imidazole rings is 1. The van der Waals surface area contributed by atoms with Crippen LogP contribution in [-0.4, -0.2) is 45.2 Å². The van der Waals surface area contributed by atoms with Gasteiger partial charge in [0, 0.05) is 30.4 Å². The highest BCUT2D eigenvalue weighted by Gasteiger charge is 2.30. The third-order valence-corrected chi connectivity index (χ3v) is 5.66. The third kappa shape index (κ3) is 5.01. The first-order valence-corrected chi connectivity index (χ1v) is 11.0. The van der Waals surface area contributed by atoms with E-state index in [9.17, 15) is 4.79 Å². The molecule has 3 heterocycles. The van der Waals surface area contributed by atoms with Gasteiger partial charge in [-0.1, -0.05) is 17.7 Å². The molecule has 0 saturated carbocycles. The van der Waals surface area contributed by atoms with E-state index in [0.717, 1.165) is 12.2 Å². The normalized spacial score (nSPS) is 13.5. The number of carbonyl (C=O) groups is 1. The van der Waals surface area contributed by atoms with Gasteiger partial charge < -0.3 is 14.4 Å². The lowest BCUT2D eigenvalue weighted by molar-refractivity contribution is 0.113. The van der Waals surface area contributed by atoms with E-state index in [1.54, 1.807) is 40.0 Å². The molecule has 4 aromatic rings. The highest BCUT2D eigenvalue weighted by Crippen LogP contribution is 2.27. The summed E-state index contributed by atoms with van der Waals surface area (Å²) in [6, 6.07) is 18.2. The van der Waals surface area contributed by atoms with Gasteiger partial charge in [-0.3, -0.25) is 5.32 Å². The number of halogens is 1. The molecule has 0 unspecified atom stereocenters. The van der Waals surface area contributed by atoms with Crippen molar-refractivity contribution in [2.75, 3.05) is 25.0 Å². The van der Waals surface area contributed by atoms with Crippen molar-refractivity contribution in [1.82, 2.24) is 19.5 Å². The van der Waals surface area contributed by atoms with E-state index in [4.69, 9.17) is 21.1 Å². The topological polar surface area (TPSA) is 81.0 Å². The van der Waals surface area contributed by atoms with E-state index in [-0.39, 0.29) is 6.03 Å². The van der Waals surface area contributed by atoms with Gasteiger partial charge in [0.25, 0.3) is 0 Å². The zero-order valence-corrected chi connectivity index (χ0v) is 18.5. The molecule has 1 N–H and O–H groups in total. The number of aromatic nitrogens is 3. The number of nitrogens with zero attached hydrogens (tertiary/aromatic N) is 4. The average Bonchev–Trinajstić information content (AvgIpc) is 3.20. The highest BCUT2D eigenvalue weighted by atomic mass is 35.5. The fraction of sp³-hybridized carbons (Fsp3) is 0.208. The molecule has 1 saturated heterocycles. The summed E-state index contributed by atoms with van der Waals surface area (Å²) in [5.41, 5.74) is 0.689. The van der Waals surface area contributed by atoms with Crippen molar-refractivity contribution in [3.05, 3.63) is 78.1 Å². The van der Waals surface area contributed by atoms with Crippen LogP contribution in [0.3, 0.4) is 0 Å². The van der Waals surface area contributed by atoms with Gasteiger partial charge in [0.15, 0.2) is 11.5 Å². The molecule has 168 valence electrons. The second-order valence-electron chi connectivity index (χ2n) is 7.81. The Labute approximate surface area is 195 Å². The molecule has 8 nitrogen and oxygen atoms in total. The molecule has 33 heavy (non-hydrogen) atoms. The predicted molar refractivity (Wildman–Crippen MR) is 125 cm³/mol. The summed E-state index contributed by atoms with van der Waals surface area (Å²) >= 11 is 5.91. The molecule has 0 radical (unpaired) electrons. The number of likely N-dealkylation sites (tertiary alicyclic amines) is 1. The predicted octanol–water partition coefficient (Wildman–Crippen LogP) is 5.11. The van der Waals surface area contributed by atoms with Crippen molar-refractivity contribution < 1.29 is 14.3 Å². The summed E-state index contributed by atoms with van der Waals surface area (Å²) < 4.78 is 13.3. The Morgan fingerprint density at radius 3 is 2.73 bits per heavy atom. The zero-order valence-electron chi connectivity index (χ0n) is 17.7. The summed E-state index contributed by atoms with van der Waals surface area (Å²) in [5, 5.41) is 7.74. The summed E-state index contributed by atoms with van der Waals surface area (Å²) in [6.45, 7) is 1.96. The van der Waals surface area contributed by atoms with Gasteiger partial charge in [0.2, 0.25) is 0 Å². The maximum atomic E-state index is 12.5. The standard InChI is InChI=1S/C24H22ClN5O3/c25-18-6-8-19(9-7-18)33-21-4-1-3-20(13-21)32-12-10-17-15-29(16-17)24(31)28-23-14-26-22-5-2-11-27-30(22)23/h1-9,11,13-14,17H,10,12,15-16H2,(H,28,31). The quantitative estimate of drug-likeness (QED) is 0.412. The van der Waals surface area contributed by atoms with Crippen LogP contribution < -0.4 is 14.8 Å². The first-order valence-electron chi connectivity index (χ1n) is 10.6. The van der Waals surface area contributed by atoms with Gasteiger partial charge in [-0.25, -0.2) is 9.78 Å². The van der Waals surface area contributed by atoms with Crippen LogP contribution in [0.2, 0.25) is 5.02 Å². The number of benzene rings is 2. The minimum atomic E-state index is -0.147. The third-order valence-electron chi connectivity index (χ3n) is 5.41. The van der Waals surface area contributed by atoms with Gasteiger partial charge in [-0.15, -0.1) is 0 Å². The van der Waals surface area contributed by atoms with Crippen molar-refractivity contribution in [1.29, 1.82) is 0 Å². The van der Waals surface area contributed by atoms with E-state index in [1.807, 2.05) is 42.5 Å². The molecule has 1 aliphatic heterocycles. The number of nitrogens with one attached hydrogen (secondary N) is 1. The zero-order chi connectivity index (χ0) is 22.6. The van der Waals surface area contributed by atoms with Crippen LogP contribution in [0.5, 0.6) is 17.2 Å². The Bertz CT molecular complexity index is 1250. The van der Waals surface area contributed by atoms with E-state index in [1.165, 1.54) is 0 Å². The number of hydrogen-bond acceptors (Lipinski definition) is 5. The van der Waals surface area contributed by atoms with Gasteiger partial charge >= 0.3 is 6.03 Å². The molecule has 2 aromatic heterocycles. The number of amides is 2. The highest BCUT2D eigenvalue weighted by molar-refractivity contribution is 6.30. The summed E-state index contributed by atoms with van der Waals surface area (Å²) in [5.74, 6) is 3.12. The average molecular weight is 464 g/mol. The Balaban J connectivity index is 1.06. The van der Waals surface area contributed by atoms with Crippen LogP contribution >= 0.6 is 11.6 Å². The van der Waals surface area contributed by atoms with Crippen molar-refractivity contribution in [2.24, 2.45) is 5.92 Å². The monoisotopic (exact) mass is 463 g/mol. The summed E-state index contributed by atoms with van der Waals surface area (Å²) in [7, 11) is 0. The summed E-state index contributed by atoms with van der Waals surface area (Å²) in [6.07, 6.45) is 4.13. The number of fused-ring (bicyclic) bond motifs is 1. The maximum absolute atomic E-state index is 12.5. The Hall–Kier alpha value is -3.78. The largest absolute Gasteiger partial charge is 0.493 e. The molecule has 2 aromatic carbocycles. The fourth-order valence-corrected chi connectivity index (χ4v) is 3.76. The molecule has 9 heteroatoms. The molecule has 1 aliphatic rings. The van der Waals surface area contributed by atoms with E-state index in [2.05, 4.69) is 15.4 Å². The van der Waals surface area contributed by atoms with Crippen LogP contribution in [0.15, 0.2) is 73.1 Å². The molecule has 0 spiro atoms. The van der Waals surface area contributed by atoms with E-state index in [0.29, 0.717) is 53.6 Å². The van der Waals surface area contributed by atoms with Gasteiger partial charge in [0.05, 0.1) is 12.8 Å². The Morgan fingerprint density at radius 1 is 1.06 bits per heavy atom. The minimum absolute atomic E-state index is 0.147. The molecule has 0 aliphatic carbocycles. The van der Waals surface area contributed by atoms with Crippen molar-refractivity contribution in [3.8, 4) is 17.2 Å². The second kappa shape index (κ2) is 9.38. The van der Waals surface area contributed by atoms with Crippen LogP contribution in [0, 0.1) is 5.92 Å². The van der Waals surface area contributed by atoms with Gasteiger partial charge in [0.1, 0.15) is 17.2 Å². The molecule has 0 bridgehead atoms. The summed E-state index contributed by atoms with van der Waals surface area (Å²) in [4.78, 5) is 18.5. The Morgan fingerprint density at radius 2 is 1.88 bits per heavy atom. The number of ether oxygens (including phenoxy) is 2. The van der Waals surface area contributed by atoms with Gasteiger partial charge in [-0.2, -0.15) is 9.61 Å². The van der Waals surface area contributed by atoms with Crippen LogP contribution in [0.4, 0.5) is 10.6 Å². The first-order chi connectivity index (χ1) is 16.1. The number of carbonyl (C=O) groups excluding carboxylic acids is 1. The molecule has 1 fully saturated rings. The second-order valence-corrected chi connectivity index (χ2v) is 8.24. The number of anilines is 1. The first kappa shape index (κ1) is 21.1. The lowest BCUT2D eigenvalue weighted by Gasteiger charge is -2.39. The molecule has 5 rings (SSSR count).